The Morgan fingerprint density at radius 3 is 2.35 bits per heavy atom. The van der Waals surface area contributed by atoms with E-state index in [1.165, 1.54) is 0 Å². The molecular weight excluding hydrogens is 220 g/mol. The summed E-state index contributed by atoms with van der Waals surface area (Å²) in [5.41, 5.74) is 2.64. The Bertz CT molecular complexity index is 375. The minimum Gasteiger partial charge on any atom is -0.481 e. The summed E-state index contributed by atoms with van der Waals surface area (Å²) in [7, 11) is 0. The monoisotopic (exact) mass is 238 g/mol. The van der Waals surface area contributed by atoms with E-state index in [-0.39, 0.29) is 19.2 Å². The van der Waals surface area contributed by atoms with Crippen molar-refractivity contribution in [2.75, 3.05) is 13.2 Å². The molecule has 0 amide bonds. The maximum atomic E-state index is 11.2. The predicted molar refractivity (Wildman–Crippen MR) is 64.0 cm³/mol. The molecule has 0 aliphatic rings. The quantitative estimate of drug-likeness (QED) is 0.794. The number of esters is 1. The van der Waals surface area contributed by atoms with Crippen LogP contribution in [-0.2, 0) is 16.1 Å². The average Bonchev–Trinajstić information content (AvgIpc) is 2.28. The molecule has 4 heteroatoms. The van der Waals surface area contributed by atoms with E-state index in [4.69, 9.17) is 14.6 Å². The first-order valence-electron chi connectivity index (χ1n) is 5.57. The van der Waals surface area contributed by atoms with Crippen molar-refractivity contribution in [2.45, 2.75) is 27.4 Å². The number of ether oxygens (including phenoxy) is 2. The van der Waals surface area contributed by atoms with Gasteiger partial charge in [-0.2, -0.15) is 0 Å². The van der Waals surface area contributed by atoms with Gasteiger partial charge < -0.3 is 14.6 Å². The molecular formula is C13H18O4. The fraction of sp³-hybridized carbons (Fsp3) is 0.462. The Labute approximate surface area is 101 Å². The second-order valence-corrected chi connectivity index (χ2v) is 3.81. The number of carbonyl (C=O) groups is 1. The van der Waals surface area contributed by atoms with Crippen molar-refractivity contribution in [1.82, 2.24) is 0 Å². The third-order valence-electron chi connectivity index (χ3n) is 2.34. The SMILES string of the molecule is CCOC(=O)COc1c(C)cc(CO)cc1C. The number of benzene rings is 1. The molecule has 17 heavy (non-hydrogen) atoms. The number of rotatable bonds is 5. The molecule has 4 nitrogen and oxygen atoms in total. The second kappa shape index (κ2) is 6.25. The standard InChI is InChI=1S/C13H18O4/c1-4-16-12(15)8-17-13-9(2)5-11(7-14)6-10(13)3/h5-6,14H,4,7-8H2,1-3H3. The fourth-order valence-corrected chi connectivity index (χ4v) is 1.69. The van der Waals surface area contributed by atoms with E-state index in [9.17, 15) is 4.79 Å². The third kappa shape index (κ3) is 3.75. The molecule has 0 saturated carbocycles. The van der Waals surface area contributed by atoms with Gasteiger partial charge in [-0.15, -0.1) is 0 Å². The van der Waals surface area contributed by atoms with E-state index in [2.05, 4.69) is 0 Å². The van der Waals surface area contributed by atoms with E-state index in [0.717, 1.165) is 16.7 Å². The highest BCUT2D eigenvalue weighted by Crippen LogP contribution is 2.24. The summed E-state index contributed by atoms with van der Waals surface area (Å²) in [4.78, 5) is 11.2. The molecule has 0 spiro atoms. The van der Waals surface area contributed by atoms with E-state index in [0.29, 0.717) is 12.4 Å². The van der Waals surface area contributed by atoms with Crippen molar-refractivity contribution in [1.29, 1.82) is 0 Å². The number of aliphatic hydroxyl groups excluding tert-OH is 1. The van der Waals surface area contributed by atoms with Crippen molar-refractivity contribution >= 4 is 5.97 Å². The average molecular weight is 238 g/mol. The molecule has 0 fully saturated rings. The molecule has 1 aromatic carbocycles. The molecule has 0 aliphatic carbocycles. The summed E-state index contributed by atoms with van der Waals surface area (Å²) in [5.74, 6) is 0.299. The summed E-state index contributed by atoms with van der Waals surface area (Å²) >= 11 is 0. The zero-order chi connectivity index (χ0) is 12.8. The van der Waals surface area contributed by atoms with Crippen LogP contribution in [0.2, 0.25) is 0 Å². The Hall–Kier alpha value is -1.55. The van der Waals surface area contributed by atoms with Crippen LogP contribution < -0.4 is 4.74 Å². The Balaban J connectivity index is 2.74. The van der Waals surface area contributed by atoms with Gasteiger partial charge in [0.25, 0.3) is 0 Å². The Morgan fingerprint density at radius 2 is 1.88 bits per heavy atom. The number of aliphatic hydroxyl groups is 1. The highest BCUT2D eigenvalue weighted by molar-refractivity contribution is 5.71. The molecule has 1 N–H and O–H groups in total. The lowest BCUT2D eigenvalue weighted by Crippen LogP contribution is -2.15. The van der Waals surface area contributed by atoms with Gasteiger partial charge in [0.1, 0.15) is 5.75 Å². The Morgan fingerprint density at radius 1 is 1.29 bits per heavy atom. The van der Waals surface area contributed by atoms with Crippen molar-refractivity contribution in [2.24, 2.45) is 0 Å². The first-order valence-corrected chi connectivity index (χ1v) is 5.57. The van der Waals surface area contributed by atoms with E-state index in [1.807, 2.05) is 26.0 Å². The van der Waals surface area contributed by atoms with Gasteiger partial charge in [0.05, 0.1) is 13.2 Å². The largest absolute Gasteiger partial charge is 0.481 e. The molecule has 0 unspecified atom stereocenters. The summed E-state index contributed by atoms with van der Waals surface area (Å²) in [6.07, 6.45) is 0. The van der Waals surface area contributed by atoms with Gasteiger partial charge in [-0.1, -0.05) is 12.1 Å². The molecule has 0 heterocycles. The zero-order valence-corrected chi connectivity index (χ0v) is 10.4. The molecule has 94 valence electrons. The van der Waals surface area contributed by atoms with Crippen LogP contribution in [0.25, 0.3) is 0 Å². The molecule has 0 aliphatic heterocycles. The van der Waals surface area contributed by atoms with Gasteiger partial charge in [-0.3, -0.25) is 0 Å². The maximum Gasteiger partial charge on any atom is 0.344 e. The molecule has 0 aromatic heterocycles. The van der Waals surface area contributed by atoms with Crippen molar-refractivity contribution < 1.29 is 19.4 Å². The normalized spacial score (nSPS) is 10.1. The fourth-order valence-electron chi connectivity index (χ4n) is 1.69. The molecule has 1 aromatic rings. The van der Waals surface area contributed by atoms with Gasteiger partial charge in [-0.25, -0.2) is 4.79 Å². The smallest absolute Gasteiger partial charge is 0.344 e. The lowest BCUT2D eigenvalue weighted by molar-refractivity contribution is -0.145. The highest BCUT2D eigenvalue weighted by Gasteiger charge is 2.09. The van der Waals surface area contributed by atoms with Crippen LogP contribution in [0.1, 0.15) is 23.6 Å². The molecule has 0 saturated heterocycles. The summed E-state index contributed by atoms with van der Waals surface area (Å²) < 4.78 is 10.2. The molecule has 1 rings (SSSR count). The maximum absolute atomic E-state index is 11.2. The highest BCUT2D eigenvalue weighted by atomic mass is 16.6. The van der Waals surface area contributed by atoms with Crippen LogP contribution >= 0.6 is 0 Å². The van der Waals surface area contributed by atoms with Crippen LogP contribution in [0, 0.1) is 13.8 Å². The lowest BCUT2D eigenvalue weighted by atomic mass is 10.1. The van der Waals surface area contributed by atoms with Crippen LogP contribution in [-0.4, -0.2) is 24.3 Å². The van der Waals surface area contributed by atoms with Gasteiger partial charge in [0, 0.05) is 0 Å². The second-order valence-electron chi connectivity index (χ2n) is 3.81. The van der Waals surface area contributed by atoms with Crippen molar-refractivity contribution in [3.63, 3.8) is 0 Å². The molecule has 0 atom stereocenters. The van der Waals surface area contributed by atoms with Gasteiger partial charge in [-0.05, 0) is 37.5 Å². The van der Waals surface area contributed by atoms with E-state index in [1.54, 1.807) is 6.92 Å². The molecule has 0 bridgehead atoms. The minimum atomic E-state index is -0.377. The minimum absolute atomic E-state index is 0.000162. The number of hydrogen-bond donors (Lipinski definition) is 1. The predicted octanol–water partition coefficient (Wildman–Crippen LogP) is 1.74. The van der Waals surface area contributed by atoms with Crippen LogP contribution in [0.5, 0.6) is 5.75 Å². The Kier molecular flexibility index (Phi) is 4.97. The lowest BCUT2D eigenvalue weighted by Gasteiger charge is -2.12. The van der Waals surface area contributed by atoms with Crippen LogP contribution in [0.3, 0.4) is 0 Å². The van der Waals surface area contributed by atoms with Gasteiger partial charge in [0.2, 0.25) is 0 Å². The third-order valence-corrected chi connectivity index (χ3v) is 2.34. The first kappa shape index (κ1) is 13.5. The van der Waals surface area contributed by atoms with E-state index >= 15 is 0 Å². The topological polar surface area (TPSA) is 55.8 Å². The van der Waals surface area contributed by atoms with Gasteiger partial charge in [0.15, 0.2) is 6.61 Å². The van der Waals surface area contributed by atoms with Crippen LogP contribution in [0.4, 0.5) is 0 Å². The number of hydrogen-bond acceptors (Lipinski definition) is 4. The van der Waals surface area contributed by atoms with Gasteiger partial charge >= 0.3 is 5.97 Å². The summed E-state index contributed by atoms with van der Waals surface area (Å²) in [5, 5.41) is 9.05. The zero-order valence-electron chi connectivity index (χ0n) is 10.4. The summed E-state index contributed by atoms with van der Waals surface area (Å²) in [6, 6.07) is 3.68. The number of aryl methyl sites for hydroxylation is 2. The van der Waals surface area contributed by atoms with Crippen molar-refractivity contribution in [3.8, 4) is 5.75 Å². The molecule has 0 radical (unpaired) electrons. The van der Waals surface area contributed by atoms with E-state index < -0.39 is 0 Å². The van der Waals surface area contributed by atoms with Crippen molar-refractivity contribution in [3.05, 3.63) is 28.8 Å². The number of carbonyl (C=O) groups excluding carboxylic acids is 1. The van der Waals surface area contributed by atoms with Crippen LogP contribution in [0.15, 0.2) is 12.1 Å². The first-order chi connectivity index (χ1) is 8.08. The summed E-state index contributed by atoms with van der Waals surface area (Å²) in [6.45, 7) is 5.78.